The molecule has 5 heteroatoms. The quantitative estimate of drug-likeness (QED) is 0.618. The molecule has 2 aliphatic rings. The Labute approximate surface area is 166 Å². The Morgan fingerprint density at radius 1 is 1.37 bits per heavy atom. The van der Waals surface area contributed by atoms with Crippen molar-refractivity contribution in [3.63, 3.8) is 0 Å². The van der Waals surface area contributed by atoms with Crippen LogP contribution in [0, 0.1) is 0 Å². The number of aromatic amines is 1. The number of H-pyrrole nitrogens is 1. The lowest BCUT2D eigenvalue weighted by Crippen LogP contribution is -2.52. The maximum absolute atomic E-state index is 5.65. The summed E-state index contributed by atoms with van der Waals surface area (Å²) in [5.74, 6) is 0. The molecule has 4 rings (SSSR count). The van der Waals surface area contributed by atoms with Crippen LogP contribution in [-0.4, -0.2) is 58.7 Å². The van der Waals surface area contributed by atoms with Gasteiger partial charge in [-0.25, -0.2) is 0 Å². The van der Waals surface area contributed by atoms with E-state index in [0.29, 0.717) is 19.1 Å². The standard InChI is InChI=1S/C22H26N4S/c1-4-9-26(10-5-2)22(27)24-16-12-18-17-7-6-8-19-21(17)15(13-23-19)11-20(18)25(3)14-16/h4-8,12-13,16,20,23H,1-2,9-11,14H2,3H3,(H,24,27)/t16-,20+/m0/s1. The van der Waals surface area contributed by atoms with Crippen LogP contribution in [0.2, 0.25) is 0 Å². The zero-order valence-corrected chi connectivity index (χ0v) is 16.6. The van der Waals surface area contributed by atoms with Crippen molar-refractivity contribution >= 4 is 33.8 Å². The van der Waals surface area contributed by atoms with E-state index in [1.165, 1.54) is 27.6 Å². The van der Waals surface area contributed by atoms with Gasteiger partial charge in [-0.15, -0.1) is 13.2 Å². The van der Waals surface area contributed by atoms with Crippen molar-refractivity contribution in [2.75, 3.05) is 26.7 Å². The number of nitrogens with one attached hydrogen (secondary N) is 2. The fourth-order valence-electron chi connectivity index (χ4n) is 4.35. The summed E-state index contributed by atoms with van der Waals surface area (Å²) in [6, 6.07) is 7.14. The second-order valence-electron chi connectivity index (χ2n) is 7.36. The van der Waals surface area contributed by atoms with Crippen LogP contribution in [0.4, 0.5) is 0 Å². The number of aromatic nitrogens is 1. The molecule has 1 aromatic heterocycles. The molecule has 2 heterocycles. The highest BCUT2D eigenvalue weighted by Crippen LogP contribution is 2.39. The van der Waals surface area contributed by atoms with E-state index in [1.54, 1.807) is 0 Å². The van der Waals surface area contributed by atoms with Gasteiger partial charge in [0.15, 0.2) is 5.11 Å². The molecule has 2 aromatic rings. The lowest BCUT2D eigenvalue weighted by atomic mass is 9.81. The zero-order valence-electron chi connectivity index (χ0n) is 15.7. The van der Waals surface area contributed by atoms with Crippen molar-refractivity contribution in [2.24, 2.45) is 0 Å². The summed E-state index contributed by atoms with van der Waals surface area (Å²) in [5, 5.41) is 5.66. The van der Waals surface area contributed by atoms with Crippen LogP contribution in [0.1, 0.15) is 11.1 Å². The highest BCUT2D eigenvalue weighted by atomic mass is 32.1. The fourth-order valence-corrected chi connectivity index (χ4v) is 4.65. The van der Waals surface area contributed by atoms with E-state index in [2.05, 4.69) is 70.8 Å². The summed E-state index contributed by atoms with van der Waals surface area (Å²) >= 11 is 5.65. The summed E-state index contributed by atoms with van der Waals surface area (Å²) in [6.07, 6.45) is 9.33. The summed E-state index contributed by atoms with van der Waals surface area (Å²) in [7, 11) is 2.21. The molecular weight excluding hydrogens is 352 g/mol. The number of fused-ring (bicyclic) bond motifs is 2. The molecule has 0 bridgehead atoms. The first kappa shape index (κ1) is 18.0. The van der Waals surface area contributed by atoms with Gasteiger partial charge in [-0.2, -0.15) is 0 Å². The summed E-state index contributed by atoms with van der Waals surface area (Å²) in [5.41, 5.74) is 5.39. The molecule has 1 aliphatic carbocycles. The Kier molecular flexibility index (Phi) is 4.89. The van der Waals surface area contributed by atoms with E-state index >= 15 is 0 Å². The largest absolute Gasteiger partial charge is 0.361 e. The number of hydrogen-bond donors (Lipinski definition) is 2. The van der Waals surface area contributed by atoms with Gasteiger partial charge in [-0.1, -0.05) is 30.4 Å². The first-order valence-electron chi connectivity index (χ1n) is 9.41. The zero-order chi connectivity index (χ0) is 19.0. The third-order valence-electron chi connectivity index (χ3n) is 5.56. The van der Waals surface area contributed by atoms with E-state index in [1.807, 2.05) is 12.2 Å². The Morgan fingerprint density at radius 3 is 2.89 bits per heavy atom. The van der Waals surface area contributed by atoms with Gasteiger partial charge >= 0.3 is 0 Å². The molecule has 0 saturated carbocycles. The van der Waals surface area contributed by atoms with Gasteiger partial charge in [0.2, 0.25) is 0 Å². The molecule has 2 atom stereocenters. The molecule has 4 nitrogen and oxygen atoms in total. The van der Waals surface area contributed by atoms with Crippen molar-refractivity contribution in [1.29, 1.82) is 0 Å². The van der Waals surface area contributed by atoms with Gasteiger partial charge in [0, 0.05) is 42.8 Å². The first-order valence-corrected chi connectivity index (χ1v) is 9.81. The second kappa shape index (κ2) is 7.33. The SMILES string of the molecule is C=CCN(CC=C)C(=S)N[C@H]1C=C2c3cccc4[nH]cc(c34)C[C@H]2N(C)C1. The van der Waals surface area contributed by atoms with Crippen LogP contribution in [0.15, 0.2) is 55.8 Å². The number of rotatable bonds is 5. The number of hydrogen-bond acceptors (Lipinski definition) is 2. The molecule has 1 aromatic carbocycles. The van der Waals surface area contributed by atoms with Gasteiger partial charge in [0.25, 0.3) is 0 Å². The monoisotopic (exact) mass is 378 g/mol. The second-order valence-corrected chi connectivity index (χ2v) is 7.75. The third-order valence-corrected chi connectivity index (χ3v) is 5.94. The van der Waals surface area contributed by atoms with E-state index in [4.69, 9.17) is 12.2 Å². The first-order chi connectivity index (χ1) is 13.1. The summed E-state index contributed by atoms with van der Waals surface area (Å²) < 4.78 is 0. The number of thiocarbonyl (C=S) groups is 1. The number of nitrogens with zero attached hydrogens (tertiary/aromatic N) is 2. The molecule has 0 saturated heterocycles. The minimum Gasteiger partial charge on any atom is -0.361 e. The smallest absolute Gasteiger partial charge is 0.170 e. The van der Waals surface area contributed by atoms with Crippen molar-refractivity contribution in [3.05, 3.63) is 66.9 Å². The summed E-state index contributed by atoms with van der Waals surface area (Å²) in [4.78, 5) is 7.94. The Morgan fingerprint density at radius 2 is 2.15 bits per heavy atom. The fraction of sp³-hybridized carbons (Fsp3) is 0.318. The van der Waals surface area contributed by atoms with Crippen molar-refractivity contribution in [3.8, 4) is 0 Å². The molecule has 140 valence electrons. The van der Waals surface area contributed by atoms with Crippen LogP contribution in [0.3, 0.4) is 0 Å². The predicted molar refractivity (Wildman–Crippen MR) is 118 cm³/mol. The summed E-state index contributed by atoms with van der Waals surface area (Å²) in [6.45, 7) is 10.0. The van der Waals surface area contributed by atoms with Crippen molar-refractivity contribution in [1.82, 2.24) is 20.1 Å². The van der Waals surface area contributed by atoms with Crippen LogP contribution in [-0.2, 0) is 6.42 Å². The number of benzene rings is 1. The average molecular weight is 379 g/mol. The van der Waals surface area contributed by atoms with E-state index in [-0.39, 0.29) is 6.04 Å². The minimum atomic E-state index is 0.182. The number of likely N-dealkylation sites (N-methyl/N-ethyl adjacent to an activating group) is 1. The van der Waals surface area contributed by atoms with Crippen molar-refractivity contribution < 1.29 is 0 Å². The molecular formula is C22H26N4S. The molecule has 0 fully saturated rings. The van der Waals surface area contributed by atoms with Crippen LogP contribution < -0.4 is 5.32 Å². The Balaban J connectivity index is 1.64. The predicted octanol–water partition coefficient (Wildman–Crippen LogP) is 3.34. The van der Waals surface area contributed by atoms with Gasteiger partial charge in [0.1, 0.15) is 0 Å². The maximum Gasteiger partial charge on any atom is 0.170 e. The van der Waals surface area contributed by atoms with Gasteiger partial charge in [-0.05, 0) is 48.5 Å². The molecule has 2 N–H and O–H groups in total. The van der Waals surface area contributed by atoms with Crippen LogP contribution in [0.5, 0.6) is 0 Å². The van der Waals surface area contributed by atoms with Gasteiger partial charge in [0.05, 0.1) is 6.04 Å². The highest BCUT2D eigenvalue weighted by Gasteiger charge is 2.33. The van der Waals surface area contributed by atoms with E-state index < -0.39 is 0 Å². The Bertz CT molecular complexity index is 916. The van der Waals surface area contributed by atoms with E-state index in [9.17, 15) is 0 Å². The molecule has 27 heavy (non-hydrogen) atoms. The molecule has 0 radical (unpaired) electrons. The maximum atomic E-state index is 5.65. The lowest BCUT2D eigenvalue weighted by molar-refractivity contribution is 0.260. The average Bonchev–Trinajstić information content (AvgIpc) is 3.07. The normalized spacial score (nSPS) is 21.3. The van der Waals surface area contributed by atoms with Gasteiger partial charge in [-0.3, -0.25) is 4.90 Å². The molecule has 1 aliphatic heterocycles. The molecule has 0 unspecified atom stereocenters. The minimum absolute atomic E-state index is 0.182. The highest BCUT2D eigenvalue weighted by molar-refractivity contribution is 7.80. The van der Waals surface area contributed by atoms with E-state index in [0.717, 1.165) is 18.1 Å². The molecule has 0 amide bonds. The van der Waals surface area contributed by atoms with Gasteiger partial charge < -0.3 is 15.2 Å². The van der Waals surface area contributed by atoms with Crippen molar-refractivity contribution in [2.45, 2.75) is 18.5 Å². The topological polar surface area (TPSA) is 34.3 Å². The molecule has 0 spiro atoms. The van der Waals surface area contributed by atoms with Crippen LogP contribution in [0.25, 0.3) is 16.5 Å². The van der Waals surface area contributed by atoms with Crippen LogP contribution >= 0.6 is 12.2 Å². The Hall–Kier alpha value is -2.37. The lowest BCUT2D eigenvalue weighted by Gasteiger charge is -2.40. The third kappa shape index (κ3) is 3.22.